The van der Waals surface area contributed by atoms with Gasteiger partial charge in [0.15, 0.2) is 0 Å². The van der Waals surface area contributed by atoms with Crippen LogP contribution >= 0.6 is 11.3 Å². The average molecular weight is 269 g/mol. The fourth-order valence-corrected chi connectivity index (χ4v) is 3.07. The van der Waals surface area contributed by atoms with E-state index in [9.17, 15) is 0 Å². The molecular formula is C13H23N3OS. The van der Waals surface area contributed by atoms with Crippen molar-refractivity contribution in [3.63, 3.8) is 0 Å². The molecule has 3 unspecified atom stereocenters. The van der Waals surface area contributed by atoms with Gasteiger partial charge in [-0.1, -0.05) is 6.92 Å². The van der Waals surface area contributed by atoms with Crippen LogP contribution in [-0.4, -0.2) is 30.3 Å². The summed E-state index contributed by atoms with van der Waals surface area (Å²) in [5.41, 5.74) is 5.61. The van der Waals surface area contributed by atoms with Crippen molar-refractivity contribution in [2.75, 3.05) is 13.1 Å². The number of nitrogens with zero attached hydrogens (tertiary/aromatic N) is 1. The van der Waals surface area contributed by atoms with Crippen molar-refractivity contribution in [1.82, 2.24) is 10.3 Å². The molecule has 1 saturated heterocycles. The summed E-state index contributed by atoms with van der Waals surface area (Å²) in [5.74, 6) is 0. The van der Waals surface area contributed by atoms with E-state index in [0.717, 1.165) is 25.8 Å². The largest absolute Gasteiger partial charge is 0.372 e. The maximum atomic E-state index is 5.82. The summed E-state index contributed by atoms with van der Waals surface area (Å²) in [6.07, 6.45) is 5.82. The first kappa shape index (κ1) is 13.9. The molecular weight excluding hydrogens is 246 g/mol. The summed E-state index contributed by atoms with van der Waals surface area (Å²) in [5, 5.41) is 4.67. The number of hydrogen-bond donors (Lipinski definition) is 2. The highest BCUT2D eigenvalue weighted by atomic mass is 32.1. The highest BCUT2D eigenvalue weighted by molar-refractivity contribution is 7.11. The third-order valence-electron chi connectivity index (χ3n) is 3.40. The molecule has 0 aliphatic carbocycles. The summed E-state index contributed by atoms with van der Waals surface area (Å²) in [7, 11) is 0. The Labute approximate surface area is 113 Å². The zero-order valence-corrected chi connectivity index (χ0v) is 12.0. The van der Waals surface area contributed by atoms with E-state index in [-0.39, 0.29) is 6.10 Å². The van der Waals surface area contributed by atoms with Gasteiger partial charge < -0.3 is 15.8 Å². The van der Waals surface area contributed by atoms with Crippen LogP contribution in [-0.2, 0) is 11.2 Å². The highest BCUT2D eigenvalue weighted by Crippen LogP contribution is 2.22. The smallest absolute Gasteiger partial charge is 0.109 e. The van der Waals surface area contributed by atoms with Crippen LogP contribution in [0.4, 0.5) is 0 Å². The first-order valence-corrected chi connectivity index (χ1v) is 7.58. The number of thiazole rings is 1. The van der Waals surface area contributed by atoms with E-state index in [0.29, 0.717) is 18.7 Å². The zero-order valence-electron chi connectivity index (χ0n) is 11.2. The van der Waals surface area contributed by atoms with Crippen molar-refractivity contribution in [3.8, 4) is 0 Å². The molecule has 0 aromatic carbocycles. The molecule has 0 bridgehead atoms. The third-order valence-corrected chi connectivity index (χ3v) is 4.72. The van der Waals surface area contributed by atoms with Crippen LogP contribution in [0.2, 0.25) is 0 Å². The van der Waals surface area contributed by atoms with Crippen molar-refractivity contribution in [1.29, 1.82) is 0 Å². The third kappa shape index (κ3) is 3.51. The van der Waals surface area contributed by atoms with E-state index in [1.807, 2.05) is 6.20 Å². The summed E-state index contributed by atoms with van der Waals surface area (Å²) in [4.78, 5) is 5.80. The molecule has 2 rings (SSSR count). The molecule has 1 fully saturated rings. The molecule has 18 heavy (non-hydrogen) atoms. The van der Waals surface area contributed by atoms with Crippen LogP contribution in [0.5, 0.6) is 0 Å². The Morgan fingerprint density at radius 3 is 2.94 bits per heavy atom. The molecule has 0 amide bonds. The Balaban J connectivity index is 1.76. The molecule has 4 nitrogen and oxygen atoms in total. The number of nitrogens with two attached hydrogens (primary N) is 1. The molecule has 0 saturated carbocycles. The van der Waals surface area contributed by atoms with Crippen LogP contribution in [0, 0.1) is 0 Å². The van der Waals surface area contributed by atoms with Crippen molar-refractivity contribution in [2.24, 2.45) is 5.73 Å². The molecule has 1 aromatic rings. The first-order valence-electron chi connectivity index (χ1n) is 6.76. The standard InChI is InChI=1S/C13H23N3OS/c1-3-12-8-16-13(18-12)9(2)15-7-11-5-4-10(6-14)17-11/h8-11,15H,3-7,14H2,1-2H3. The van der Waals surface area contributed by atoms with E-state index in [2.05, 4.69) is 24.1 Å². The Morgan fingerprint density at radius 1 is 1.56 bits per heavy atom. The molecule has 3 N–H and O–H groups in total. The molecule has 0 spiro atoms. The van der Waals surface area contributed by atoms with Gasteiger partial charge in [0.05, 0.1) is 18.2 Å². The van der Waals surface area contributed by atoms with Crippen molar-refractivity contribution < 1.29 is 4.74 Å². The lowest BCUT2D eigenvalue weighted by atomic mass is 10.2. The number of rotatable bonds is 6. The minimum absolute atomic E-state index is 0.263. The van der Waals surface area contributed by atoms with Crippen LogP contribution in [0.3, 0.4) is 0 Å². The lowest BCUT2D eigenvalue weighted by Gasteiger charge is -2.16. The minimum Gasteiger partial charge on any atom is -0.372 e. The molecule has 102 valence electrons. The van der Waals surface area contributed by atoms with Gasteiger partial charge in [-0.15, -0.1) is 11.3 Å². The van der Waals surface area contributed by atoms with Crippen LogP contribution in [0.15, 0.2) is 6.20 Å². The van der Waals surface area contributed by atoms with Gasteiger partial charge in [0.1, 0.15) is 5.01 Å². The van der Waals surface area contributed by atoms with Gasteiger partial charge in [-0.3, -0.25) is 0 Å². The van der Waals surface area contributed by atoms with E-state index in [4.69, 9.17) is 10.5 Å². The summed E-state index contributed by atoms with van der Waals surface area (Å²) >= 11 is 1.79. The molecule has 3 atom stereocenters. The lowest BCUT2D eigenvalue weighted by molar-refractivity contribution is 0.0492. The SMILES string of the molecule is CCc1cnc(C(C)NCC2CCC(CN)O2)s1. The number of ether oxygens (including phenoxy) is 1. The van der Waals surface area contributed by atoms with Crippen molar-refractivity contribution in [3.05, 3.63) is 16.1 Å². The van der Waals surface area contributed by atoms with Crippen LogP contribution < -0.4 is 11.1 Å². The molecule has 2 heterocycles. The Hall–Kier alpha value is -0.490. The fourth-order valence-electron chi connectivity index (χ4n) is 2.19. The first-order chi connectivity index (χ1) is 8.72. The second-order valence-corrected chi connectivity index (χ2v) is 5.99. The number of aromatic nitrogens is 1. The maximum Gasteiger partial charge on any atom is 0.109 e. The maximum absolute atomic E-state index is 5.82. The Bertz CT molecular complexity index is 369. The van der Waals surface area contributed by atoms with Crippen molar-refractivity contribution >= 4 is 11.3 Å². The second-order valence-electron chi connectivity index (χ2n) is 4.84. The van der Waals surface area contributed by atoms with Gasteiger partial charge in [0, 0.05) is 24.2 Å². The number of nitrogens with one attached hydrogen (secondary N) is 1. The summed E-state index contributed by atoms with van der Waals surface area (Å²) in [6, 6.07) is 0.302. The summed E-state index contributed by atoms with van der Waals surface area (Å²) in [6.45, 7) is 5.85. The molecule has 1 aliphatic heterocycles. The number of hydrogen-bond acceptors (Lipinski definition) is 5. The average Bonchev–Trinajstić information content (AvgIpc) is 3.04. The molecule has 5 heteroatoms. The van der Waals surface area contributed by atoms with Gasteiger partial charge in [-0.25, -0.2) is 4.98 Å². The van der Waals surface area contributed by atoms with Gasteiger partial charge >= 0.3 is 0 Å². The van der Waals surface area contributed by atoms with E-state index >= 15 is 0 Å². The van der Waals surface area contributed by atoms with E-state index in [1.54, 1.807) is 11.3 Å². The van der Waals surface area contributed by atoms with E-state index in [1.165, 1.54) is 9.88 Å². The Kier molecular flexibility index (Phi) is 5.12. The van der Waals surface area contributed by atoms with Gasteiger partial charge in [-0.2, -0.15) is 0 Å². The quantitative estimate of drug-likeness (QED) is 0.827. The number of aryl methyl sites for hydroxylation is 1. The monoisotopic (exact) mass is 269 g/mol. The predicted molar refractivity (Wildman–Crippen MR) is 74.9 cm³/mol. The highest BCUT2D eigenvalue weighted by Gasteiger charge is 2.24. The Morgan fingerprint density at radius 2 is 2.33 bits per heavy atom. The molecule has 0 radical (unpaired) electrons. The molecule has 1 aromatic heterocycles. The second kappa shape index (κ2) is 6.61. The van der Waals surface area contributed by atoms with Crippen LogP contribution in [0.25, 0.3) is 0 Å². The van der Waals surface area contributed by atoms with Gasteiger partial charge in [-0.05, 0) is 26.2 Å². The van der Waals surface area contributed by atoms with Crippen LogP contribution in [0.1, 0.15) is 42.6 Å². The minimum atomic E-state index is 0.263. The fraction of sp³-hybridized carbons (Fsp3) is 0.769. The predicted octanol–water partition coefficient (Wildman–Crippen LogP) is 1.86. The lowest BCUT2D eigenvalue weighted by Crippen LogP contribution is -2.30. The summed E-state index contributed by atoms with van der Waals surface area (Å²) < 4.78 is 5.82. The normalized spacial score (nSPS) is 25.5. The van der Waals surface area contributed by atoms with Crippen molar-refractivity contribution in [2.45, 2.75) is 51.4 Å². The van der Waals surface area contributed by atoms with Gasteiger partial charge in [0.25, 0.3) is 0 Å². The van der Waals surface area contributed by atoms with Gasteiger partial charge in [0.2, 0.25) is 0 Å². The molecule has 1 aliphatic rings. The topological polar surface area (TPSA) is 60.2 Å². The van der Waals surface area contributed by atoms with E-state index < -0.39 is 0 Å². The zero-order chi connectivity index (χ0) is 13.0.